The van der Waals surface area contributed by atoms with Gasteiger partial charge < -0.3 is 15.2 Å². The average molecular weight is 359 g/mol. The lowest BCUT2D eigenvalue weighted by Crippen LogP contribution is -2.46. The molecule has 0 saturated carbocycles. The van der Waals surface area contributed by atoms with E-state index < -0.39 is 16.4 Å². The molecule has 0 radical (unpaired) electrons. The maximum absolute atomic E-state index is 12.0. The Labute approximate surface area is 129 Å². The minimum absolute atomic E-state index is 0.0963. The lowest BCUT2D eigenvalue weighted by molar-refractivity contribution is -0.385. The third kappa shape index (κ3) is 3.99. The molecular weight excluding hydrogens is 344 g/mol. The summed E-state index contributed by atoms with van der Waals surface area (Å²) in [7, 11) is 0. The SMILES string of the molecule is O=C(NCC1(O)CCOCC1)c1ccc(Br)c([N+](=O)[O-])c1. The monoisotopic (exact) mass is 358 g/mol. The number of aliphatic hydroxyl groups is 1. The Hall–Kier alpha value is -1.51. The molecule has 0 aliphatic carbocycles. The van der Waals surface area contributed by atoms with Crippen LogP contribution in [-0.2, 0) is 4.74 Å². The fourth-order valence-corrected chi connectivity index (χ4v) is 2.46. The smallest absolute Gasteiger partial charge is 0.284 e. The summed E-state index contributed by atoms with van der Waals surface area (Å²) in [5.41, 5.74) is -0.970. The third-order valence-corrected chi connectivity index (χ3v) is 4.08. The second kappa shape index (κ2) is 6.50. The zero-order chi connectivity index (χ0) is 15.5. The zero-order valence-corrected chi connectivity index (χ0v) is 12.8. The van der Waals surface area contributed by atoms with Crippen LogP contribution in [0.2, 0.25) is 0 Å². The summed E-state index contributed by atoms with van der Waals surface area (Å²) in [6.45, 7) is 1.01. The first-order chi connectivity index (χ1) is 9.91. The quantitative estimate of drug-likeness (QED) is 0.629. The van der Waals surface area contributed by atoms with Crippen molar-refractivity contribution in [3.05, 3.63) is 38.3 Å². The predicted molar refractivity (Wildman–Crippen MR) is 78.1 cm³/mol. The minimum Gasteiger partial charge on any atom is -0.388 e. The number of nitrogens with zero attached hydrogens (tertiary/aromatic N) is 1. The molecule has 114 valence electrons. The molecule has 1 amide bonds. The first kappa shape index (κ1) is 15.9. The summed E-state index contributed by atoms with van der Waals surface area (Å²) in [6, 6.07) is 4.14. The fraction of sp³-hybridized carbons (Fsp3) is 0.462. The summed E-state index contributed by atoms with van der Waals surface area (Å²) < 4.78 is 5.47. The fourth-order valence-electron chi connectivity index (χ4n) is 2.07. The largest absolute Gasteiger partial charge is 0.388 e. The topological polar surface area (TPSA) is 102 Å². The molecule has 1 aromatic rings. The molecule has 21 heavy (non-hydrogen) atoms. The summed E-state index contributed by atoms with van der Waals surface area (Å²) in [4.78, 5) is 22.3. The number of carbonyl (C=O) groups excluding carboxylic acids is 1. The lowest BCUT2D eigenvalue weighted by atomic mass is 9.94. The molecule has 0 bridgehead atoms. The van der Waals surface area contributed by atoms with Gasteiger partial charge in [-0.2, -0.15) is 0 Å². The van der Waals surface area contributed by atoms with E-state index in [1.807, 2.05) is 0 Å². The van der Waals surface area contributed by atoms with Crippen LogP contribution in [-0.4, -0.2) is 41.3 Å². The van der Waals surface area contributed by atoms with E-state index in [1.54, 1.807) is 0 Å². The Bertz CT molecular complexity index is 557. The van der Waals surface area contributed by atoms with Gasteiger partial charge in [0.05, 0.1) is 15.0 Å². The molecule has 0 aromatic heterocycles. The molecule has 8 heteroatoms. The molecular formula is C13H15BrN2O5. The van der Waals surface area contributed by atoms with Crippen LogP contribution in [0.4, 0.5) is 5.69 Å². The second-order valence-corrected chi connectivity index (χ2v) is 5.80. The van der Waals surface area contributed by atoms with Crippen molar-refractivity contribution in [2.75, 3.05) is 19.8 Å². The molecule has 0 unspecified atom stereocenters. The maximum Gasteiger partial charge on any atom is 0.284 e. The van der Waals surface area contributed by atoms with E-state index in [4.69, 9.17) is 4.74 Å². The van der Waals surface area contributed by atoms with Gasteiger partial charge in [-0.25, -0.2) is 0 Å². The van der Waals surface area contributed by atoms with Crippen molar-refractivity contribution in [1.29, 1.82) is 0 Å². The van der Waals surface area contributed by atoms with Gasteiger partial charge >= 0.3 is 0 Å². The number of amides is 1. The first-order valence-electron chi connectivity index (χ1n) is 6.44. The second-order valence-electron chi connectivity index (χ2n) is 4.94. The van der Waals surface area contributed by atoms with Gasteiger partial charge in [0.2, 0.25) is 0 Å². The van der Waals surface area contributed by atoms with Crippen molar-refractivity contribution in [2.24, 2.45) is 0 Å². The van der Waals surface area contributed by atoms with Gasteiger partial charge in [-0.3, -0.25) is 14.9 Å². The van der Waals surface area contributed by atoms with Gasteiger partial charge in [-0.1, -0.05) is 0 Å². The van der Waals surface area contributed by atoms with E-state index in [2.05, 4.69) is 21.2 Å². The van der Waals surface area contributed by atoms with E-state index in [9.17, 15) is 20.0 Å². The van der Waals surface area contributed by atoms with Crippen molar-refractivity contribution in [3.63, 3.8) is 0 Å². The van der Waals surface area contributed by atoms with E-state index in [1.165, 1.54) is 18.2 Å². The van der Waals surface area contributed by atoms with E-state index in [0.717, 1.165) is 0 Å². The Morgan fingerprint density at radius 3 is 2.76 bits per heavy atom. The van der Waals surface area contributed by atoms with Crippen LogP contribution in [0.25, 0.3) is 0 Å². The summed E-state index contributed by atoms with van der Waals surface area (Å²) in [5, 5.41) is 23.7. The van der Waals surface area contributed by atoms with Crippen molar-refractivity contribution in [2.45, 2.75) is 18.4 Å². The third-order valence-electron chi connectivity index (χ3n) is 3.41. The van der Waals surface area contributed by atoms with Gasteiger partial charge in [0.15, 0.2) is 0 Å². The van der Waals surface area contributed by atoms with Crippen LogP contribution in [0.5, 0.6) is 0 Å². The molecule has 1 aromatic carbocycles. The molecule has 1 heterocycles. The normalized spacial score (nSPS) is 17.2. The first-order valence-corrected chi connectivity index (χ1v) is 7.23. The number of rotatable bonds is 4. The highest BCUT2D eigenvalue weighted by molar-refractivity contribution is 9.10. The number of nitro benzene ring substituents is 1. The summed E-state index contributed by atoms with van der Waals surface area (Å²) in [6.07, 6.45) is 0.904. The molecule has 1 aliphatic heterocycles. The number of nitro groups is 1. The molecule has 7 nitrogen and oxygen atoms in total. The zero-order valence-electron chi connectivity index (χ0n) is 11.2. The summed E-state index contributed by atoms with van der Waals surface area (Å²) >= 11 is 3.06. The Morgan fingerprint density at radius 2 is 2.14 bits per heavy atom. The van der Waals surface area contributed by atoms with Gasteiger partial charge in [-0.15, -0.1) is 0 Å². The lowest BCUT2D eigenvalue weighted by Gasteiger charge is -2.32. The number of hydrogen-bond acceptors (Lipinski definition) is 5. The van der Waals surface area contributed by atoms with Crippen molar-refractivity contribution < 1.29 is 19.6 Å². The molecule has 1 aliphatic rings. The van der Waals surface area contributed by atoms with Crippen molar-refractivity contribution in [3.8, 4) is 0 Å². The predicted octanol–water partition coefficient (Wildman–Crippen LogP) is 1.63. The minimum atomic E-state index is -0.977. The number of nitrogens with one attached hydrogen (secondary N) is 1. The van der Waals surface area contributed by atoms with E-state index in [0.29, 0.717) is 30.5 Å². The molecule has 0 atom stereocenters. The number of ether oxygens (including phenoxy) is 1. The van der Waals surface area contributed by atoms with E-state index in [-0.39, 0.29) is 17.8 Å². The van der Waals surface area contributed by atoms with Gasteiger partial charge in [-0.05, 0) is 28.1 Å². The molecule has 2 rings (SSSR count). The number of hydrogen-bond donors (Lipinski definition) is 2. The van der Waals surface area contributed by atoms with E-state index >= 15 is 0 Å². The number of carbonyl (C=O) groups is 1. The van der Waals surface area contributed by atoms with Crippen LogP contribution in [0, 0.1) is 10.1 Å². The van der Waals surface area contributed by atoms with Gasteiger partial charge in [0, 0.05) is 44.2 Å². The molecule has 1 saturated heterocycles. The maximum atomic E-state index is 12.0. The Morgan fingerprint density at radius 1 is 1.48 bits per heavy atom. The van der Waals surface area contributed by atoms with Gasteiger partial charge in [0.25, 0.3) is 11.6 Å². The van der Waals surface area contributed by atoms with Crippen LogP contribution in [0.3, 0.4) is 0 Å². The molecule has 1 fully saturated rings. The highest BCUT2D eigenvalue weighted by Crippen LogP contribution is 2.26. The highest BCUT2D eigenvalue weighted by atomic mass is 79.9. The number of halogens is 1. The summed E-state index contributed by atoms with van der Waals surface area (Å²) in [5.74, 6) is -0.453. The number of benzene rings is 1. The Kier molecular flexibility index (Phi) is 4.92. The molecule has 0 spiro atoms. The highest BCUT2D eigenvalue weighted by Gasteiger charge is 2.30. The standard InChI is InChI=1S/C13H15BrN2O5/c14-10-2-1-9(7-11(10)16(19)20)12(17)15-8-13(18)3-5-21-6-4-13/h1-2,7,18H,3-6,8H2,(H,15,17). The van der Waals surface area contributed by atoms with Crippen LogP contribution >= 0.6 is 15.9 Å². The Balaban J connectivity index is 2.03. The molecule has 2 N–H and O–H groups in total. The van der Waals surface area contributed by atoms with Crippen LogP contribution < -0.4 is 5.32 Å². The average Bonchev–Trinajstić information content (AvgIpc) is 2.46. The van der Waals surface area contributed by atoms with Crippen molar-refractivity contribution in [1.82, 2.24) is 5.32 Å². The van der Waals surface area contributed by atoms with Crippen LogP contribution in [0.15, 0.2) is 22.7 Å². The van der Waals surface area contributed by atoms with Crippen molar-refractivity contribution >= 4 is 27.5 Å². The van der Waals surface area contributed by atoms with Crippen LogP contribution in [0.1, 0.15) is 23.2 Å². The van der Waals surface area contributed by atoms with Gasteiger partial charge in [0.1, 0.15) is 0 Å².